The minimum Gasteiger partial charge on any atom is -0.387 e. The van der Waals surface area contributed by atoms with Crippen LogP contribution in [0.4, 0.5) is 4.39 Å². The normalized spacial score (nSPS) is 19.1. The predicted molar refractivity (Wildman–Crippen MR) is 68.9 cm³/mol. The lowest BCUT2D eigenvalue weighted by Crippen LogP contribution is -2.32. The first-order chi connectivity index (χ1) is 8.59. The van der Waals surface area contributed by atoms with Gasteiger partial charge in [-0.1, -0.05) is 12.1 Å². The number of nitrogens with one attached hydrogen (secondary N) is 2. The molecule has 1 fully saturated rings. The van der Waals surface area contributed by atoms with Gasteiger partial charge in [-0.2, -0.15) is 0 Å². The third-order valence-corrected chi connectivity index (χ3v) is 3.77. The fourth-order valence-corrected chi connectivity index (χ4v) is 2.27. The molecule has 1 aromatic carbocycles. The summed E-state index contributed by atoms with van der Waals surface area (Å²) in [6.45, 7) is 2.59. The number of halogens is 1. The highest BCUT2D eigenvalue weighted by Crippen LogP contribution is 2.35. The zero-order valence-corrected chi connectivity index (χ0v) is 10.3. The summed E-state index contributed by atoms with van der Waals surface area (Å²) in [5.74, 6) is -0.308. The number of rotatable bonds is 4. The van der Waals surface area contributed by atoms with Gasteiger partial charge in [-0.3, -0.25) is 0 Å². The molecule has 1 aromatic heterocycles. The van der Waals surface area contributed by atoms with Crippen LogP contribution in [0.5, 0.6) is 0 Å². The quantitative estimate of drug-likeness (QED) is 0.778. The van der Waals surface area contributed by atoms with E-state index in [0.717, 1.165) is 18.4 Å². The second-order valence-electron chi connectivity index (χ2n) is 5.36. The van der Waals surface area contributed by atoms with Crippen molar-refractivity contribution in [3.8, 4) is 0 Å². The van der Waals surface area contributed by atoms with Gasteiger partial charge in [0.05, 0.1) is 6.10 Å². The van der Waals surface area contributed by atoms with E-state index in [4.69, 9.17) is 0 Å². The van der Waals surface area contributed by atoms with E-state index >= 15 is 0 Å². The third-order valence-electron chi connectivity index (χ3n) is 3.77. The van der Waals surface area contributed by atoms with Gasteiger partial charge in [0.15, 0.2) is 0 Å². The van der Waals surface area contributed by atoms with Crippen molar-refractivity contribution in [3.05, 3.63) is 35.8 Å². The van der Waals surface area contributed by atoms with Gasteiger partial charge in [-0.15, -0.1) is 0 Å². The third kappa shape index (κ3) is 2.02. The van der Waals surface area contributed by atoms with Gasteiger partial charge in [0.2, 0.25) is 0 Å². The molecule has 3 nitrogen and oxygen atoms in total. The van der Waals surface area contributed by atoms with Gasteiger partial charge >= 0.3 is 0 Å². The van der Waals surface area contributed by atoms with E-state index in [-0.39, 0.29) is 11.4 Å². The van der Waals surface area contributed by atoms with E-state index in [9.17, 15) is 9.50 Å². The monoisotopic (exact) mass is 248 g/mol. The molecule has 1 atom stereocenters. The van der Waals surface area contributed by atoms with Crippen molar-refractivity contribution < 1.29 is 9.50 Å². The second-order valence-corrected chi connectivity index (χ2v) is 5.36. The molecule has 0 unspecified atom stereocenters. The van der Waals surface area contributed by atoms with E-state index in [1.807, 2.05) is 12.1 Å². The van der Waals surface area contributed by atoms with E-state index in [0.29, 0.717) is 17.5 Å². The average molecular weight is 248 g/mol. The number of hydrogen-bond acceptors (Lipinski definition) is 2. The maximum Gasteiger partial charge on any atom is 0.148 e. The highest BCUT2D eigenvalue weighted by atomic mass is 19.1. The summed E-state index contributed by atoms with van der Waals surface area (Å²) in [5.41, 5.74) is 1.54. The van der Waals surface area contributed by atoms with E-state index in [1.54, 1.807) is 6.07 Å². The van der Waals surface area contributed by atoms with E-state index < -0.39 is 6.10 Å². The number of aliphatic hydroxyl groups excluding tert-OH is 1. The predicted octanol–water partition coefficient (Wildman–Crippen LogP) is 2.48. The average Bonchev–Trinajstić information content (AvgIpc) is 2.99. The first-order valence-corrected chi connectivity index (χ1v) is 6.28. The zero-order valence-electron chi connectivity index (χ0n) is 10.3. The summed E-state index contributed by atoms with van der Waals surface area (Å²) < 4.78 is 13.7. The SMILES string of the molecule is CC1(NC[C@H](O)c2cccc3[nH]cc(F)c23)CC1. The van der Waals surface area contributed by atoms with Crippen LogP contribution < -0.4 is 5.32 Å². The van der Waals surface area contributed by atoms with Crippen LogP contribution in [0.1, 0.15) is 31.4 Å². The number of β-amino-alcohol motifs (C(OH)–C–C–N with tert-alkyl or cyclic N) is 1. The maximum absolute atomic E-state index is 13.7. The van der Waals surface area contributed by atoms with Crippen molar-refractivity contribution in [1.29, 1.82) is 0 Å². The smallest absolute Gasteiger partial charge is 0.148 e. The molecule has 1 saturated carbocycles. The molecule has 1 aliphatic rings. The highest BCUT2D eigenvalue weighted by molar-refractivity contribution is 5.84. The maximum atomic E-state index is 13.7. The lowest BCUT2D eigenvalue weighted by molar-refractivity contribution is 0.170. The van der Waals surface area contributed by atoms with Crippen LogP contribution >= 0.6 is 0 Å². The number of hydrogen-bond donors (Lipinski definition) is 3. The zero-order chi connectivity index (χ0) is 12.8. The molecule has 0 bridgehead atoms. The molecule has 0 amide bonds. The molecule has 0 radical (unpaired) electrons. The lowest BCUT2D eigenvalue weighted by atomic mass is 10.0. The van der Waals surface area contributed by atoms with Crippen molar-refractivity contribution >= 4 is 10.9 Å². The molecule has 3 N–H and O–H groups in total. The van der Waals surface area contributed by atoms with Gasteiger partial charge < -0.3 is 15.4 Å². The molecule has 3 rings (SSSR count). The molecule has 0 aliphatic heterocycles. The molecule has 4 heteroatoms. The number of aromatic nitrogens is 1. The summed E-state index contributed by atoms with van der Waals surface area (Å²) in [6, 6.07) is 5.42. The number of fused-ring (bicyclic) bond motifs is 1. The molecule has 0 saturated heterocycles. The molecule has 96 valence electrons. The van der Waals surface area contributed by atoms with Gasteiger partial charge in [-0.25, -0.2) is 4.39 Å². The molecule has 18 heavy (non-hydrogen) atoms. The van der Waals surface area contributed by atoms with Crippen molar-refractivity contribution in [2.45, 2.75) is 31.4 Å². The number of aromatic amines is 1. The first kappa shape index (κ1) is 11.7. The largest absolute Gasteiger partial charge is 0.387 e. The minimum absolute atomic E-state index is 0.172. The van der Waals surface area contributed by atoms with Crippen molar-refractivity contribution in [2.24, 2.45) is 0 Å². The minimum atomic E-state index is -0.684. The Morgan fingerprint density at radius 2 is 2.28 bits per heavy atom. The van der Waals surface area contributed by atoms with Crippen molar-refractivity contribution in [1.82, 2.24) is 10.3 Å². The van der Waals surface area contributed by atoms with Crippen LogP contribution in [0.3, 0.4) is 0 Å². The Morgan fingerprint density at radius 3 is 3.00 bits per heavy atom. The summed E-state index contributed by atoms with van der Waals surface area (Å²) in [6.07, 6.45) is 2.93. The standard InChI is InChI=1S/C14H17FN2O/c1-14(5-6-14)17-8-12(18)9-3-2-4-11-13(9)10(15)7-16-11/h2-4,7,12,16-18H,5-6,8H2,1H3/t12-/m0/s1. The van der Waals surface area contributed by atoms with Crippen LogP contribution in [0.15, 0.2) is 24.4 Å². The van der Waals surface area contributed by atoms with Crippen LogP contribution in [0.25, 0.3) is 10.9 Å². The number of benzene rings is 1. The fraction of sp³-hybridized carbons (Fsp3) is 0.429. The Hall–Kier alpha value is -1.39. The van der Waals surface area contributed by atoms with E-state index in [2.05, 4.69) is 17.2 Å². The Balaban J connectivity index is 1.86. The van der Waals surface area contributed by atoms with Crippen LogP contribution in [0.2, 0.25) is 0 Å². The Morgan fingerprint density at radius 1 is 1.50 bits per heavy atom. The lowest BCUT2D eigenvalue weighted by Gasteiger charge is -2.17. The molecular formula is C14H17FN2O. The fourth-order valence-electron chi connectivity index (χ4n) is 2.27. The Kier molecular flexibility index (Phi) is 2.64. The highest BCUT2D eigenvalue weighted by Gasteiger charge is 2.37. The van der Waals surface area contributed by atoms with Crippen LogP contribution in [-0.4, -0.2) is 22.2 Å². The molecule has 0 spiro atoms. The summed E-state index contributed by atoms with van der Waals surface area (Å²) in [5, 5.41) is 14.0. The van der Waals surface area contributed by atoms with Gasteiger partial charge in [-0.05, 0) is 31.4 Å². The Labute approximate surface area is 105 Å². The second kappa shape index (κ2) is 4.07. The molecule has 2 aromatic rings. The first-order valence-electron chi connectivity index (χ1n) is 6.28. The number of H-pyrrole nitrogens is 1. The summed E-state index contributed by atoms with van der Waals surface area (Å²) >= 11 is 0. The Bertz CT molecular complexity index is 574. The van der Waals surface area contributed by atoms with Crippen LogP contribution in [-0.2, 0) is 0 Å². The number of aliphatic hydroxyl groups is 1. The molecular weight excluding hydrogens is 231 g/mol. The van der Waals surface area contributed by atoms with E-state index in [1.165, 1.54) is 6.20 Å². The molecule has 1 heterocycles. The van der Waals surface area contributed by atoms with Gasteiger partial charge in [0.25, 0.3) is 0 Å². The molecule has 1 aliphatic carbocycles. The van der Waals surface area contributed by atoms with Crippen LogP contribution in [0, 0.1) is 5.82 Å². The summed E-state index contributed by atoms with van der Waals surface area (Å²) in [4.78, 5) is 2.86. The van der Waals surface area contributed by atoms with Gasteiger partial charge in [0, 0.05) is 29.2 Å². The topological polar surface area (TPSA) is 48.0 Å². The summed E-state index contributed by atoms with van der Waals surface area (Å²) in [7, 11) is 0. The van der Waals surface area contributed by atoms with Crippen molar-refractivity contribution in [2.75, 3.05) is 6.54 Å². The van der Waals surface area contributed by atoms with Gasteiger partial charge in [0.1, 0.15) is 5.82 Å². The van der Waals surface area contributed by atoms with Crippen molar-refractivity contribution in [3.63, 3.8) is 0 Å².